The molecule has 1 saturated carbocycles. The summed E-state index contributed by atoms with van der Waals surface area (Å²) < 4.78 is 0. The molecule has 0 unspecified atom stereocenters. The van der Waals surface area contributed by atoms with Gasteiger partial charge in [0.2, 0.25) is 0 Å². The highest BCUT2D eigenvalue weighted by atomic mass is 16.3. The first-order chi connectivity index (χ1) is 10.1. The molecule has 1 aromatic rings. The third kappa shape index (κ3) is 4.39. The molecule has 1 aromatic carbocycles. The lowest BCUT2D eigenvalue weighted by Crippen LogP contribution is -2.40. The lowest BCUT2D eigenvalue weighted by molar-refractivity contribution is 0.0568. The summed E-state index contributed by atoms with van der Waals surface area (Å²) in [5.41, 5.74) is 0.876. The zero-order chi connectivity index (χ0) is 15.8. The van der Waals surface area contributed by atoms with E-state index in [1.165, 1.54) is 0 Å². The van der Waals surface area contributed by atoms with Crippen molar-refractivity contribution in [1.29, 1.82) is 0 Å². The van der Waals surface area contributed by atoms with Crippen LogP contribution in [0.4, 0.5) is 0 Å². The van der Waals surface area contributed by atoms with E-state index in [0.29, 0.717) is 17.4 Å². The summed E-state index contributed by atoms with van der Waals surface area (Å²) in [7, 11) is 1.77. The molecule has 4 nitrogen and oxygen atoms in total. The molecule has 0 radical (unpaired) electrons. The number of aliphatic hydroxyl groups excluding tert-OH is 1. The van der Waals surface area contributed by atoms with Crippen molar-refractivity contribution < 1.29 is 14.7 Å². The third-order valence-electron chi connectivity index (χ3n) is 3.85. The number of nitrogens with zero attached hydrogens (tertiary/aromatic N) is 1. The van der Waals surface area contributed by atoms with Gasteiger partial charge in [0.15, 0.2) is 6.29 Å². The number of hydrogen-bond donors (Lipinski definition) is 1. The topological polar surface area (TPSA) is 57.6 Å². The largest absolute Gasteiger partial charge is 0.393 e. The third-order valence-corrected chi connectivity index (χ3v) is 3.85. The van der Waals surface area contributed by atoms with E-state index < -0.39 is 0 Å². The predicted octanol–water partition coefficient (Wildman–Crippen LogP) is 2.90. The van der Waals surface area contributed by atoms with Gasteiger partial charge in [0.05, 0.1) is 11.7 Å². The molecule has 0 spiro atoms. The number of carbonyl (C=O) groups excluding carboxylic acids is 2. The van der Waals surface area contributed by atoms with E-state index >= 15 is 0 Å². The number of rotatable bonds is 3. The van der Waals surface area contributed by atoms with Crippen LogP contribution in [0, 0.1) is 0 Å². The smallest absolute Gasteiger partial charge is 0.254 e. The maximum absolute atomic E-state index is 12.4. The lowest BCUT2D eigenvalue weighted by Gasteiger charge is -2.33. The maximum atomic E-state index is 12.4. The summed E-state index contributed by atoms with van der Waals surface area (Å²) in [5, 5.41) is 9.50. The van der Waals surface area contributed by atoms with Crippen LogP contribution in [-0.2, 0) is 0 Å². The number of carbonyl (C=O) groups is 2. The first-order valence-electron chi connectivity index (χ1n) is 7.63. The van der Waals surface area contributed by atoms with Crippen LogP contribution in [-0.4, -0.2) is 41.4 Å². The Morgan fingerprint density at radius 2 is 1.76 bits per heavy atom. The van der Waals surface area contributed by atoms with Crippen molar-refractivity contribution in [2.75, 3.05) is 7.05 Å². The van der Waals surface area contributed by atoms with Gasteiger partial charge >= 0.3 is 0 Å². The van der Waals surface area contributed by atoms with Gasteiger partial charge in [-0.2, -0.15) is 0 Å². The molecule has 0 aliphatic heterocycles. The normalized spacial score (nSPS) is 21.0. The minimum absolute atomic E-state index is 0.121. The minimum atomic E-state index is -0.234. The van der Waals surface area contributed by atoms with Crippen molar-refractivity contribution in [3.8, 4) is 0 Å². The molecule has 0 aromatic heterocycles. The average Bonchev–Trinajstić information content (AvgIpc) is 2.56. The monoisotopic (exact) mass is 291 g/mol. The SMILES string of the molecule is CC.CN(C(=O)c1ccccc1C=O)C1CCC(O)CC1. The molecule has 21 heavy (non-hydrogen) atoms. The van der Waals surface area contributed by atoms with E-state index in [0.717, 1.165) is 25.7 Å². The molecule has 0 bridgehead atoms. The first-order valence-corrected chi connectivity index (χ1v) is 7.63. The van der Waals surface area contributed by atoms with Crippen molar-refractivity contribution in [2.24, 2.45) is 0 Å². The fourth-order valence-electron chi connectivity index (χ4n) is 2.60. The van der Waals surface area contributed by atoms with Gasteiger partial charge < -0.3 is 10.0 Å². The molecule has 0 atom stereocenters. The van der Waals surface area contributed by atoms with E-state index in [1.807, 2.05) is 13.8 Å². The number of aliphatic hydroxyl groups is 1. The van der Waals surface area contributed by atoms with Crippen molar-refractivity contribution >= 4 is 12.2 Å². The standard InChI is InChI=1S/C15H19NO3.C2H6/c1-16(12-6-8-13(18)9-7-12)15(19)14-5-3-2-4-11(14)10-17;1-2/h2-5,10,12-13,18H,6-9H2,1H3;1-2H3. The fourth-order valence-corrected chi connectivity index (χ4v) is 2.60. The van der Waals surface area contributed by atoms with E-state index in [2.05, 4.69) is 0 Å². The summed E-state index contributed by atoms with van der Waals surface area (Å²) in [6.07, 6.45) is 3.57. The zero-order valence-electron chi connectivity index (χ0n) is 13.1. The van der Waals surface area contributed by atoms with E-state index in [4.69, 9.17) is 0 Å². The van der Waals surface area contributed by atoms with Crippen LogP contribution in [0.5, 0.6) is 0 Å². The Morgan fingerprint density at radius 3 is 2.33 bits per heavy atom. The van der Waals surface area contributed by atoms with Gasteiger partial charge in [0, 0.05) is 18.7 Å². The van der Waals surface area contributed by atoms with Crippen LogP contribution < -0.4 is 0 Å². The molecule has 2 rings (SSSR count). The molecule has 0 heterocycles. The van der Waals surface area contributed by atoms with Crippen LogP contribution in [0.2, 0.25) is 0 Å². The van der Waals surface area contributed by atoms with E-state index in [-0.39, 0.29) is 18.1 Å². The molecule has 1 amide bonds. The number of benzene rings is 1. The molecule has 0 saturated heterocycles. The summed E-state index contributed by atoms with van der Waals surface area (Å²) in [4.78, 5) is 25.1. The Labute approximate surface area is 126 Å². The predicted molar refractivity (Wildman–Crippen MR) is 83.5 cm³/mol. The molecule has 1 fully saturated rings. The summed E-state index contributed by atoms with van der Waals surface area (Å²) in [6.45, 7) is 4.00. The van der Waals surface area contributed by atoms with Crippen LogP contribution in [0.1, 0.15) is 60.2 Å². The average molecular weight is 291 g/mol. The molecule has 116 valence electrons. The van der Waals surface area contributed by atoms with Crippen molar-refractivity contribution in [2.45, 2.75) is 51.7 Å². The van der Waals surface area contributed by atoms with Gasteiger partial charge in [0.25, 0.3) is 5.91 Å². The van der Waals surface area contributed by atoms with Crippen LogP contribution in [0.3, 0.4) is 0 Å². The Kier molecular flexibility index (Phi) is 7.09. The number of amides is 1. The van der Waals surface area contributed by atoms with Crippen molar-refractivity contribution in [1.82, 2.24) is 4.90 Å². The summed E-state index contributed by atoms with van der Waals surface area (Å²) in [6, 6.07) is 6.99. The van der Waals surface area contributed by atoms with Crippen LogP contribution in [0.15, 0.2) is 24.3 Å². The highest BCUT2D eigenvalue weighted by molar-refractivity contribution is 6.01. The Bertz CT molecular complexity index is 465. The highest BCUT2D eigenvalue weighted by Gasteiger charge is 2.26. The molecular formula is C17H25NO3. The van der Waals surface area contributed by atoms with Gasteiger partial charge in [0.1, 0.15) is 0 Å². The van der Waals surface area contributed by atoms with Crippen LogP contribution in [0.25, 0.3) is 0 Å². The first kappa shape index (κ1) is 17.4. The minimum Gasteiger partial charge on any atom is -0.393 e. The second kappa shape index (κ2) is 8.57. The second-order valence-corrected chi connectivity index (χ2v) is 5.08. The number of hydrogen-bond acceptors (Lipinski definition) is 3. The second-order valence-electron chi connectivity index (χ2n) is 5.08. The van der Waals surface area contributed by atoms with Gasteiger partial charge in [-0.05, 0) is 31.7 Å². The summed E-state index contributed by atoms with van der Waals surface area (Å²) >= 11 is 0. The van der Waals surface area contributed by atoms with Gasteiger partial charge in [-0.25, -0.2) is 0 Å². The number of aldehydes is 1. The fraction of sp³-hybridized carbons (Fsp3) is 0.529. The van der Waals surface area contributed by atoms with Gasteiger partial charge in [-0.1, -0.05) is 32.0 Å². The molecule has 1 aliphatic carbocycles. The molecule has 1 aliphatic rings. The summed E-state index contributed by atoms with van der Waals surface area (Å²) in [5.74, 6) is -0.121. The molecular weight excluding hydrogens is 266 g/mol. The van der Waals surface area contributed by atoms with Gasteiger partial charge in [-0.3, -0.25) is 9.59 Å². The zero-order valence-corrected chi connectivity index (χ0v) is 13.1. The Hall–Kier alpha value is -1.68. The Balaban J connectivity index is 0.00000106. The van der Waals surface area contributed by atoms with E-state index in [1.54, 1.807) is 36.2 Å². The Morgan fingerprint density at radius 1 is 1.19 bits per heavy atom. The van der Waals surface area contributed by atoms with Gasteiger partial charge in [-0.15, -0.1) is 0 Å². The van der Waals surface area contributed by atoms with E-state index in [9.17, 15) is 14.7 Å². The highest BCUT2D eigenvalue weighted by Crippen LogP contribution is 2.23. The van der Waals surface area contributed by atoms with Crippen molar-refractivity contribution in [3.63, 3.8) is 0 Å². The van der Waals surface area contributed by atoms with Crippen molar-refractivity contribution in [3.05, 3.63) is 35.4 Å². The van der Waals surface area contributed by atoms with Crippen LogP contribution >= 0.6 is 0 Å². The maximum Gasteiger partial charge on any atom is 0.254 e. The molecule has 4 heteroatoms. The lowest BCUT2D eigenvalue weighted by atomic mass is 9.91. The quantitative estimate of drug-likeness (QED) is 0.871. The molecule has 1 N–H and O–H groups in total.